The third-order valence-corrected chi connectivity index (χ3v) is 6.08. The summed E-state index contributed by atoms with van der Waals surface area (Å²) in [4.78, 5) is 10.9. The maximum Gasteiger partial charge on any atom is 0.116 e. The van der Waals surface area contributed by atoms with Crippen LogP contribution in [0.4, 0.5) is 5.69 Å². The summed E-state index contributed by atoms with van der Waals surface area (Å²) in [5.41, 5.74) is 7.70. The van der Waals surface area contributed by atoms with Gasteiger partial charge >= 0.3 is 0 Å². The molecule has 2 N–H and O–H groups in total. The molecule has 36 heavy (non-hydrogen) atoms. The number of ether oxygens (including phenoxy) is 3. The quantitative estimate of drug-likeness (QED) is 0.170. The van der Waals surface area contributed by atoms with Crippen LogP contribution in [0.15, 0.2) is 54.9 Å². The first-order chi connectivity index (χ1) is 17.3. The molecule has 1 aliphatic rings. The SMILES string of the molecule is C=CCCCN1CCOC(CO/C(C)=C/c2ncncc2/C=C(\C)OC)C1.Nc1ccc(Cl)c(Cl)c1. The van der Waals surface area contributed by atoms with E-state index < -0.39 is 0 Å². The molecule has 196 valence electrons. The van der Waals surface area contributed by atoms with Gasteiger partial charge in [0.1, 0.15) is 19.0 Å². The number of nitrogens with two attached hydrogens (primary N) is 1. The van der Waals surface area contributed by atoms with Gasteiger partial charge < -0.3 is 19.9 Å². The van der Waals surface area contributed by atoms with Crippen molar-refractivity contribution in [2.24, 2.45) is 0 Å². The lowest BCUT2D eigenvalue weighted by Gasteiger charge is -2.32. The number of morpholine rings is 1. The highest BCUT2D eigenvalue weighted by Gasteiger charge is 2.20. The van der Waals surface area contributed by atoms with Gasteiger partial charge in [-0.3, -0.25) is 4.90 Å². The number of nitrogens with zero attached hydrogens (tertiary/aromatic N) is 3. The van der Waals surface area contributed by atoms with Crippen molar-refractivity contribution in [1.82, 2.24) is 14.9 Å². The Morgan fingerprint density at radius 2 is 2.06 bits per heavy atom. The first-order valence-corrected chi connectivity index (χ1v) is 12.6. The molecule has 9 heteroatoms. The molecule has 7 nitrogen and oxygen atoms in total. The summed E-state index contributed by atoms with van der Waals surface area (Å²) in [7, 11) is 1.64. The molecular formula is C27H36Cl2N4O3. The molecule has 2 heterocycles. The maximum absolute atomic E-state index is 5.93. The van der Waals surface area contributed by atoms with Gasteiger partial charge in [0, 0.05) is 36.6 Å². The number of hydrogen-bond acceptors (Lipinski definition) is 7. The number of unbranched alkanes of at least 4 members (excludes halogenated alkanes) is 1. The Hall–Kier alpha value is -2.58. The summed E-state index contributed by atoms with van der Waals surface area (Å²) in [6, 6.07) is 4.98. The molecular weight excluding hydrogens is 499 g/mol. The summed E-state index contributed by atoms with van der Waals surface area (Å²) >= 11 is 11.2. The number of nitrogen functional groups attached to an aromatic ring is 1. The smallest absolute Gasteiger partial charge is 0.116 e. The van der Waals surface area contributed by atoms with Crippen LogP contribution < -0.4 is 5.73 Å². The lowest BCUT2D eigenvalue weighted by atomic mass is 10.2. The second-order valence-corrected chi connectivity index (χ2v) is 9.10. The van der Waals surface area contributed by atoms with Crippen LogP contribution in [0, 0.1) is 0 Å². The standard InChI is InChI=1S/C21H31N3O3.C6H5Cl2N/c1-5-6-7-8-24-9-10-26-20(14-24)15-27-18(3)12-21-19(11-17(2)25-4)13-22-16-23-21;7-5-2-1-4(9)3-6(5)8/h5,11-13,16,20H,1,6-10,14-15H2,2-4H3;1-3H,9H2/b17-11+,18-12+;. The second kappa shape index (κ2) is 16.2. The van der Waals surface area contributed by atoms with Gasteiger partial charge in [-0.05, 0) is 57.5 Å². The highest BCUT2D eigenvalue weighted by atomic mass is 35.5. The van der Waals surface area contributed by atoms with E-state index in [9.17, 15) is 0 Å². The van der Waals surface area contributed by atoms with Crippen molar-refractivity contribution in [3.05, 3.63) is 76.2 Å². The zero-order chi connectivity index (χ0) is 26.3. The van der Waals surface area contributed by atoms with Gasteiger partial charge in [-0.15, -0.1) is 6.58 Å². The molecule has 1 unspecified atom stereocenters. The van der Waals surface area contributed by atoms with Gasteiger partial charge in [0.15, 0.2) is 0 Å². The molecule has 1 aromatic carbocycles. The Morgan fingerprint density at radius 1 is 1.25 bits per heavy atom. The molecule has 3 rings (SSSR count). The molecule has 0 radical (unpaired) electrons. The lowest BCUT2D eigenvalue weighted by molar-refractivity contribution is -0.0581. The van der Waals surface area contributed by atoms with E-state index in [1.807, 2.05) is 32.1 Å². The van der Waals surface area contributed by atoms with Crippen LogP contribution in [0.1, 0.15) is 37.9 Å². The minimum atomic E-state index is 0.0892. The molecule has 1 aromatic heterocycles. The number of halogens is 2. The van der Waals surface area contributed by atoms with E-state index in [4.69, 9.17) is 43.1 Å². The van der Waals surface area contributed by atoms with Crippen molar-refractivity contribution in [3.8, 4) is 0 Å². The number of aromatic nitrogens is 2. The minimum Gasteiger partial charge on any atom is -0.501 e. The molecule has 1 saturated heterocycles. The van der Waals surface area contributed by atoms with E-state index in [-0.39, 0.29) is 6.10 Å². The zero-order valence-corrected chi connectivity index (χ0v) is 22.8. The molecule has 0 aliphatic carbocycles. The number of rotatable bonds is 10. The monoisotopic (exact) mass is 534 g/mol. The summed E-state index contributed by atoms with van der Waals surface area (Å²) < 4.78 is 17.0. The van der Waals surface area contributed by atoms with Crippen LogP contribution in [-0.2, 0) is 14.2 Å². The van der Waals surface area contributed by atoms with Crippen molar-refractivity contribution in [2.45, 2.75) is 32.8 Å². The fourth-order valence-electron chi connectivity index (χ4n) is 3.37. The van der Waals surface area contributed by atoms with Crippen molar-refractivity contribution >= 4 is 41.0 Å². The van der Waals surface area contributed by atoms with Crippen LogP contribution in [0.2, 0.25) is 10.0 Å². The molecule has 1 fully saturated rings. The number of allylic oxidation sites excluding steroid dienone is 3. The van der Waals surface area contributed by atoms with Crippen LogP contribution in [0.3, 0.4) is 0 Å². The summed E-state index contributed by atoms with van der Waals surface area (Å²) in [6.07, 6.45) is 11.4. The Bertz CT molecular complexity index is 1030. The van der Waals surface area contributed by atoms with E-state index in [2.05, 4.69) is 21.4 Å². The first-order valence-electron chi connectivity index (χ1n) is 11.8. The fraction of sp³-hybridized carbons (Fsp3) is 0.407. The summed E-state index contributed by atoms with van der Waals surface area (Å²) in [6.45, 7) is 11.9. The molecule has 1 aliphatic heterocycles. The average Bonchev–Trinajstić information content (AvgIpc) is 2.87. The maximum atomic E-state index is 5.93. The Kier molecular flexibility index (Phi) is 13.4. The Labute approximate surface area is 224 Å². The van der Waals surface area contributed by atoms with Gasteiger partial charge in [-0.2, -0.15) is 0 Å². The Balaban J connectivity index is 0.000000425. The second-order valence-electron chi connectivity index (χ2n) is 8.29. The van der Waals surface area contributed by atoms with Gasteiger partial charge in [-0.1, -0.05) is 29.3 Å². The largest absolute Gasteiger partial charge is 0.501 e. The highest BCUT2D eigenvalue weighted by Crippen LogP contribution is 2.23. The van der Waals surface area contributed by atoms with E-state index in [0.717, 1.165) is 61.9 Å². The molecule has 2 aromatic rings. The van der Waals surface area contributed by atoms with E-state index in [0.29, 0.717) is 22.3 Å². The molecule has 0 bridgehead atoms. The van der Waals surface area contributed by atoms with Crippen molar-refractivity contribution in [2.75, 3.05) is 45.7 Å². The number of methoxy groups -OCH3 is 1. The lowest BCUT2D eigenvalue weighted by Crippen LogP contribution is -2.44. The number of anilines is 1. The van der Waals surface area contributed by atoms with Crippen LogP contribution >= 0.6 is 23.2 Å². The highest BCUT2D eigenvalue weighted by molar-refractivity contribution is 6.42. The zero-order valence-electron chi connectivity index (χ0n) is 21.3. The van der Waals surface area contributed by atoms with Crippen molar-refractivity contribution < 1.29 is 14.2 Å². The first kappa shape index (κ1) is 29.6. The Morgan fingerprint density at radius 3 is 2.75 bits per heavy atom. The van der Waals surface area contributed by atoms with E-state index in [1.54, 1.807) is 31.5 Å². The van der Waals surface area contributed by atoms with E-state index >= 15 is 0 Å². The molecule has 0 amide bonds. The van der Waals surface area contributed by atoms with Gasteiger partial charge in [-0.25, -0.2) is 9.97 Å². The average molecular weight is 536 g/mol. The third-order valence-electron chi connectivity index (χ3n) is 5.34. The predicted octanol–water partition coefficient (Wildman–Crippen LogP) is 6.10. The summed E-state index contributed by atoms with van der Waals surface area (Å²) in [5.74, 6) is 1.59. The minimum absolute atomic E-state index is 0.0892. The predicted molar refractivity (Wildman–Crippen MR) is 149 cm³/mol. The van der Waals surface area contributed by atoms with Crippen molar-refractivity contribution in [3.63, 3.8) is 0 Å². The molecule has 0 spiro atoms. The third kappa shape index (κ3) is 11.0. The number of hydrogen-bond donors (Lipinski definition) is 1. The fourth-order valence-corrected chi connectivity index (χ4v) is 3.68. The van der Waals surface area contributed by atoms with Gasteiger partial charge in [0.2, 0.25) is 0 Å². The van der Waals surface area contributed by atoms with Gasteiger partial charge in [0.25, 0.3) is 0 Å². The van der Waals surface area contributed by atoms with Gasteiger partial charge in [0.05, 0.1) is 41.0 Å². The van der Waals surface area contributed by atoms with Crippen LogP contribution in [0.25, 0.3) is 12.2 Å². The van der Waals surface area contributed by atoms with Crippen LogP contribution in [-0.4, -0.2) is 60.9 Å². The molecule has 0 saturated carbocycles. The van der Waals surface area contributed by atoms with E-state index in [1.165, 1.54) is 6.33 Å². The van der Waals surface area contributed by atoms with Crippen molar-refractivity contribution in [1.29, 1.82) is 0 Å². The molecule has 1 atom stereocenters. The summed E-state index contributed by atoms with van der Waals surface area (Å²) in [5, 5.41) is 1.03. The normalized spacial score (nSPS) is 16.6. The van der Waals surface area contributed by atoms with Crippen LogP contribution in [0.5, 0.6) is 0 Å². The topological polar surface area (TPSA) is 82.7 Å². The number of benzene rings is 1.